The minimum Gasteiger partial charge on any atom is -0.409 e. The molecule has 7 heteroatoms. The van der Waals surface area contributed by atoms with Gasteiger partial charge in [-0.3, -0.25) is 4.79 Å². The van der Waals surface area contributed by atoms with E-state index in [9.17, 15) is 4.79 Å². The molecule has 0 aliphatic carbocycles. The number of carbonyl (C=O) groups excluding carboxylic acids is 1. The highest BCUT2D eigenvalue weighted by molar-refractivity contribution is 7.09. The molecule has 1 unspecified atom stereocenters. The van der Waals surface area contributed by atoms with Gasteiger partial charge >= 0.3 is 0 Å². The first kappa shape index (κ1) is 15.0. The number of aryl methyl sites for hydroxylation is 1. The number of nitrogens with one attached hydrogen (secondary N) is 1. The number of nitrogens with two attached hydrogens (primary N) is 1. The first-order chi connectivity index (χ1) is 10.1. The highest BCUT2D eigenvalue weighted by Gasteiger charge is 2.25. The van der Waals surface area contributed by atoms with Gasteiger partial charge in [-0.15, -0.1) is 11.3 Å². The summed E-state index contributed by atoms with van der Waals surface area (Å²) in [5.41, 5.74) is 8.95. The summed E-state index contributed by atoms with van der Waals surface area (Å²) in [6, 6.07) is 8.97. The fourth-order valence-electron chi connectivity index (χ4n) is 1.93. The second-order valence-electron chi connectivity index (χ2n) is 4.45. The van der Waals surface area contributed by atoms with Crippen LogP contribution in [0.15, 0.2) is 41.0 Å². The van der Waals surface area contributed by atoms with Crippen molar-refractivity contribution in [2.24, 2.45) is 10.9 Å². The van der Waals surface area contributed by atoms with Crippen molar-refractivity contribution in [3.63, 3.8) is 0 Å². The van der Waals surface area contributed by atoms with Crippen molar-refractivity contribution in [3.05, 3.63) is 52.0 Å². The molecule has 0 radical (unpaired) electrons. The van der Waals surface area contributed by atoms with Gasteiger partial charge in [0.2, 0.25) is 5.91 Å². The molecule has 1 amide bonds. The lowest BCUT2D eigenvalue weighted by atomic mass is 9.97. The van der Waals surface area contributed by atoms with Gasteiger partial charge in [-0.2, -0.15) is 0 Å². The predicted octanol–water partition coefficient (Wildman–Crippen LogP) is 1.60. The van der Waals surface area contributed by atoms with Crippen molar-refractivity contribution in [2.75, 3.05) is 0 Å². The minimum absolute atomic E-state index is 0.139. The molecule has 0 fully saturated rings. The third-order valence-electron chi connectivity index (χ3n) is 3.07. The quantitative estimate of drug-likeness (QED) is 0.338. The Bertz CT molecular complexity index is 639. The number of hydrogen-bond acceptors (Lipinski definition) is 5. The maximum Gasteiger partial charge on any atom is 0.235 e. The van der Waals surface area contributed by atoms with Crippen LogP contribution in [-0.4, -0.2) is 21.9 Å². The smallest absolute Gasteiger partial charge is 0.235 e. The average molecular weight is 304 g/mol. The first-order valence-electron chi connectivity index (χ1n) is 6.32. The largest absolute Gasteiger partial charge is 0.409 e. The lowest BCUT2D eigenvalue weighted by Crippen LogP contribution is -2.37. The van der Waals surface area contributed by atoms with E-state index < -0.39 is 5.92 Å². The topological polar surface area (TPSA) is 101 Å². The van der Waals surface area contributed by atoms with Crippen LogP contribution in [0.5, 0.6) is 0 Å². The van der Waals surface area contributed by atoms with Crippen molar-refractivity contribution in [2.45, 2.75) is 19.4 Å². The second kappa shape index (κ2) is 6.85. The third-order valence-corrected chi connectivity index (χ3v) is 4.01. The summed E-state index contributed by atoms with van der Waals surface area (Å²) >= 11 is 1.48. The Balaban J connectivity index is 2.14. The van der Waals surface area contributed by atoms with E-state index in [2.05, 4.69) is 15.5 Å². The lowest BCUT2D eigenvalue weighted by molar-refractivity contribution is -0.121. The van der Waals surface area contributed by atoms with E-state index in [-0.39, 0.29) is 11.7 Å². The number of amides is 1. The number of carbonyl (C=O) groups is 1. The minimum atomic E-state index is -0.815. The fourth-order valence-corrected chi connectivity index (χ4v) is 2.64. The number of amidine groups is 1. The molecule has 0 saturated heterocycles. The van der Waals surface area contributed by atoms with Crippen LogP contribution in [-0.2, 0) is 11.3 Å². The van der Waals surface area contributed by atoms with Gasteiger partial charge in [0.05, 0.1) is 17.7 Å². The second-order valence-corrected chi connectivity index (χ2v) is 5.39. The highest BCUT2D eigenvalue weighted by atomic mass is 32.1. The monoisotopic (exact) mass is 304 g/mol. The molecule has 0 aliphatic heterocycles. The van der Waals surface area contributed by atoms with E-state index in [0.29, 0.717) is 12.1 Å². The first-order valence-corrected chi connectivity index (χ1v) is 7.20. The van der Waals surface area contributed by atoms with E-state index in [1.54, 1.807) is 29.8 Å². The summed E-state index contributed by atoms with van der Waals surface area (Å²) < 4.78 is 0. The van der Waals surface area contributed by atoms with Gasteiger partial charge in [-0.25, -0.2) is 4.98 Å². The lowest BCUT2D eigenvalue weighted by Gasteiger charge is -2.15. The maximum atomic E-state index is 12.4. The van der Waals surface area contributed by atoms with Crippen LogP contribution in [0.1, 0.15) is 22.1 Å². The van der Waals surface area contributed by atoms with Crippen molar-refractivity contribution in [1.82, 2.24) is 10.3 Å². The Morgan fingerprint density at radius 2 is 2.19 bits per heavy atom. The summed E-state index contributed by atoms with van der Waals surface area (Å²) in [5.74, 6) is -1.27. The average Bonchev–Trinajstić information content (AvgIpc) is 2.91. The molecular formula is C14H16N4O2S. The van der Waals surface area contributed by atoms with E-state index in [1.807, 2.05) is 13.0 Å². The number of benzene rings is 1. The molecule has 21 heavy (non-hydrogen) atoms. The molecule has 2 aromatic rings. The molecule has 0 spiro atoms. The molecule has 110 valence electrons. The van der Waals surface area contributed by atoms with Crippen molar-refractivity contribution >= 4 is 23.1 Å². The van der Waals surface area contributed by atoms with Crippen LogP contribution in [0, 0.1) is 6.92 Å². The molecule has 0 aliphatic rings. The number of rotatable bonds is 5. The molecule has 0 saturated carbocycles. The molecule has 2 rings (SSSR count). The van der Waals surface area contributed by atoms with Gasteiger partial charge in [0.15, 0.2) is 5.84 Å². The maximum absolute atomic E-state index is 12.4. The Morgan fingerprint density at radius 1 is 1.48 bits per heavy atom. The zero-order valence-electron chi connectivity index (χ0n) is 11.5. The van der Waals surface area contributed by atoms with Crippen LogP contribution in [0.3, 0.4) is 0 Å². The molecule has 1 aromatic carbocycles. The highest BCUT2D eigenvalue weighted by Crippen LogP contribution is 2.17. The Morgan fingerprint density at radius 3 is 2.76 bits per heavy atom. The van der Waals surface area contributed by atoms with E-state index in [4.69, 9.17) is 10.9 Å². The van der Waals surface area contributed by atoms with Crippen LogP contribution in [0.25, 0.3) is 0 Å². The van der Waals surface area contributed by atoms with Crippen LogP contribution < -0.4 is 11.1 Å². The van der Waals surface area contributed by atoms with Gasteiger partial charge in [0.25, 0.3) is 0 Å². The van der Waals surface area contributed by atoms with Crippen LogP contribution in [0.4, 0.5) is 0 Å². The molecule has 1 heterocycles. The van der Waals surface area contributed by atoms with Crippen LogP contribution in [0.2, 0.25) is 0 Å². The summed E-state index contributed by atoms with van der Waals surface area (Å²) in [4.78, 5) is 17.5. The zero-order chi connectivity index (χ0) is 15.2. The van der Waals surface area contributed by atoms with E-state index in [0.717, 1.165) is 10.6 Å². The fraction of sp³-hybridized carbons (Fsp3) is 0.214. The van der Waals surface area contributed by atoms with Gasteiger partial charge in [0.1, 0.15) is 5.92 Å². The molecule has 4 N–H and O–H groups in total. The van der Waals surface area contributed by atoms with Gasteiger partial charge in [0, 0.05) is 4.88 Å². The summed E-state index contributed by atoms with van der Waals surface area (Å²) in [7, 11) is 0. The van der Waals surface area contributed by atoms with Gasteiger partial charge in [-0.1, -0.05) is 35.5 Å². The Labute approximate surface area is 126 Å². The summed E-state index contributed by atoms with van der Waals surface area (Å²) in [6.07, 6.45) is 0. The number of nitrogens with zero attached hydrogens (tertiary/aromatic N) is 2. The molecule has 1 aromatic heterocycles. The zero-order valence-corrected chi connectivity index (χ0v) is 12.3. The Kier molecular flexibility index (Phi) is 4.89. The van der Waals surface area contributed by atoms with Gasteiger partial charge < -0.3 is 16.3 Å². The van der Waals surface area contributed by atoms with Crippen molar-refractivity contribution in [1.29, 1.82) is 0 Å². The third kappa shape index (κ3) is 3.57. The Hall–Kier alpha value is -2.41. The van der Waals surface area contributed by atoms with E-state index >= 15 is 0 Å². The molecule has 6 nitrogen and oxygen atoms in total. The standard InChI is InChI=1S/C14H16N4O2S/c1-9-11(21-8-17-9)7-16-14(19)12(13(15)18-20)10-5-3-2-4-6-10/h2-6,8,12,20H,7H2,1H3,(H2,15,18)(H,16,19). The normalized spacial score (nSPS) is 12.9. The number of aromatic nitrogens is 1. The summed E-state index contributed by atoms with van der Waals surface area (Å²) in [5, 5.41) is 14.7. The van der Waals surface area contributed by atoms with Crippen molar-refractivity contribution < 1.29 is 10.0 Å². The SMILES string of the molecule is Cc1ncsc1CNC(=O)C(C(N)=NO)c1ccccc1. The van der Waals surface area contributed by atoms with Gasteiger partial charge in [-0.05, 0) is 12.5 Å². The molecule has 1 atom stereocenters. The van der Waals surface area contributed by atoms with Crippen molar-refractivity contribution in [3.8, 4) is 0 Å². The van der Waals surface area contributed by atoms with Crippen LogP contribution >= 0.6 is 11.3 Å². The number of oxime groups is 1. The molecular weight excluding hydrogens is 288 g/mol. The molecule has 0 bridgehead atoms. The summed E-state index contributed by atoms with van der Waals surface area (Å²) in [6.45, 7) is 2.26. The number of hydrogen-bond donors (Lipinski definition) is 3. The predicted molar refractivity (Wildman–Crippen MR) is 81.3 cm³/mol. The number of thiazole rings is 1. The van der Waals surface area contributed by atoms with E-state index in [1.165, 1.54) is 11.3 Å².